The molecular weight excluding hydrogens is 485 g/mol. The molecule has 1 heterocycles. The molecule has 28 heavy (non-hydrogen) atoms. The number of aliphatic imine (C=N–C) groups is 1. The summed E-state index contributed by atoms with van der Waals surface area (Å²) in [5.41, 5.74) is 0. The third kappa shape index (κ3) is 8.55. The molecule has 1 aromatic carbocycles. The third-order valence-electron chi connectivity index (χ3n) is 3.94. The Morgan fingerprint density at radius 1 is 1.36 bits per heavy atom. The van der Waals surface area contributed by atoms with Crippen LogP contribution in [0.2, 0.25) is 0 Å². The number of benzene rings is 1. The lowest BCUT2D eigenvalue weighted by Crippen LogP contribution is -2.43. The summed E-state index contributed by atoms with van der Waals surface area (Å²) in [6, 6.07) is 3.14. The molecule has 1 saturated heterocycles. The lowest BCUT2D eigenvalue weighted by Gasteiger charge is -2.16. The Labute approximate surface area is 180 Å². The number of nitrogens with zero attached hydrogens (tertiary/aromatic N) is 2. The zero-order valence-corrected chi connectivity index (χ0v) is 18.4. The standard InChI is InChI=1S/C18H26F2N4O3.HI/c1-24(2)17(25)12-23-18(22-11-14-4-3-8-26-14)21-7-9-27-16-6-5-13(19)10-15(16)20;/h5-6,10,14H,3-4,7-9,11-12H2,1-2H3,(H2,21,22,23);1H. The molecule has 0 aliphatic carbocycles. The van der Waals surface area contributed by atoms with Crippen LogP contribution in [-0.4, -0.2) is 69.8 Å². The highest BCUT2D eigenvalue weighted by molar-refractivity contribution is 14.0. The summed E-state index contributed by atoms with van der Waals surface area (Å²) < 4.78 is 37.3. The minimum atomic E-state index is -0.753. The van der Waals surface area contributed by atoms with Crippen molar-refractivity contribution in [2.75, 3.05) is 46.9 Å². The van der Waals surface area contributed by atoms with Crippen LogP contribution in [0.15, 0.2) is 23.2 Å². The molecule has 0 radical (unpaired) electrons. The summed E-state index contributed by atoms with van der Waals surface area (Å²) in [7, 11) is 3.33. The van der Waals surface area contributed by atoms with E-state index in [1.807, 2.05) is 0 Å². The van der Waals surface area contributed by atoms with Gasteiger partial charge >= 0.3 is 0 Å². The molecule has 7 nitrogen and oxygen atoms in total. The quantitative estimate of drug-likeness (QED) is 0.241. The summed E-state index contributed by atoms with van der Waals surface area (Å²) >= 11 is 0. The number of rotatable bonds is 8. The monoisotopic (exact) mass is 512 g/mol. The second-order valence-electron chi connectivity index (χ2n) is 6.32. The lowest BCUT2D eigenvalue weighted by molar-refractivity contribution is -0.127. The summed E-state index contributed by atoms with van der Waals surface area (Å²) in [6.45, 7) is 1.80. The van der Waals surface area contributed by atoms with Gasteiger partial charge in [-0.25, -0.2) is 13.8 Å². The Bertz CT molecular complexity index is 656. The Hall–Kier alpha value is -1.69. The SMILES string of the molecule is CN(C)C(=O)CN=C(NCCOc1ccc(F)cc1F)NCC1CCCO1.I. The van der Waals surface area contributed by atoms with Crippen LogP contribution in [0, 0.1) is 11.6 Å². The van der Waals surface area contributed by atoms with Crippen molar-refractivity contribution in [1.29, 1.82) is 0 Å². The number of carbonyl (C=O) groups is 1. The lowest BCUT2D eigenvalue weighted by atomic mass is 10.2. The van der Waals surface area contributed by atoms with E-state index >= 15 is 0 Å². The van der Waals surface area contributed by atoms with Gasteiger partial charge in [0.05, 0.1) is 12.6 Å². The van der Waals surface area contributed by atoms with Crippen LogP contribution < -0.4 is 15.4 Å². The van der Waals surface area contributed by atoms with E-state index in [2.05, 4.69) is 15.6 Å². The number of likely N-dealkylation sites (N-methyl/N-ethyl adjacent to an activating group) is 1. The molecule has 2 N–H and O–H groups in total. The second-order valence-corrected chi connectivity index (χ2v) is 6.32. The molecule has 0 saturated carbocycles. The normalized spacial score (nSPS) is 16.3. The second kappa shape index (κ2) is 12.7. The smallest absolute Gasteiger partial charge is 0.243 e. The van der Waals surface area contributed by atoms with Crippen molar-refractivity contribution >= 4 is 35.8 Å². The predicted octanol–water partition coefficient (Wildman–Crippen LogP) is 1.76. The molecule has 1 amide bonds. The van der Waals surface area contributed by atoms with Crippen molar-refractivity contribution in [3.63, 3.8) is 0 Å². The number of hydrogen-bond donors (Lipinski definition) is 2. The van der Waals surface area contributed by atoms with Crippen molar-refractivity contribution in [1.82, 2.24) is 15.5 Å². The molecule has 0 aromatic heterocycles. The first kappa shape index (κ1) is 24.3. The highest BCUT2D eigenvalue weighted by Crippen LogP contribution is 2.17. The van der Waals surface area contributed by atoms with E-state index in [1.165, 1.54) is 11.0 Å². The number of amides is 1. The van der Waals surface area contributed by atoms with E-state index in [4.69, 9.17) is 9.47 Å². The Morgan fingerprint density at radius 3 is 2.79 bits per heavy atom. The predicted molar refractivity (Wildman–Crippen MR) is 113 cm³/mol. The topological polar surface area (TPSA) is 75.2 Å². The Balaban J connectivity index is 0.00000392. The van der Waals surface area contributed by atoms with Gasteiger partial charge in [-0.15, -0.1) is 24.0 Å². The molecule has 1 unspecified atom stereocenters. The number of carbonyl (C=O) groups excluding carboxylic acids is 1. The van der Waals surface area contributed by atoms with Crippen LogP contribution >= 0.6 is 24.0 Å². The molecule has 10 heteroatoms. The van der Waals surface area contributed by atoms with E-state index in [9.17, 15) is 13.6 Å². The molecule has 0 bridgehead atoms. The van der Waals surface area contributed by atoms with Crippen LogP contribution in [0.3, 0.4) is 0 Å². The molecule has 2 rings (SSSR count). The number of halogens is 3. The van der Waals surface area contributed by atoms with Crippen LogP contribution in [0.1, 0.15) is 12.8 Å². The Morgan fingerprint density at radius 2 is 2.14 bits per heavy atom. The van der Waals surface area contributed by atoms with Crippen LogP contribution in [0.5, 0.6) is 5.75 Å². The van der Waals surface area contributed by atoms with Gasteiger partial charge < -0.3 is 25.0 Å². The highest BCUT2D eigenvalue weighted by atomic mass is 127. The third-order valence-corrected chi connectivity index (χ3v) is 3.94. The molecule has 1 aliphatic rings. The van der Waals surface area contributed by atoms with Gasteiger partial charge in [-0.1, -0.05) is 0 Å². The summed E-state index contributed by atoms with van der Waals surface area (Å²) in [5.74, 6) is -1.11. The molecule has 1 aromatic rings. The molecular formula is C18H27F2IN4O3. The summed E-state index contributed by atoms with van der Waals surface area (Å²) in [5, 5.41) is 6.17. The van der Waals surface area contributed by atoms with Crippen molar-refractivity contribution < 1.29 is 23.0 Å². The fourth-order valence-electron chi connectivity index (χ4n) is 2.40. The fraction of sp³-hybridized carbons (Fsp3) is 0.556. The van der Waals surface area contributed by atoms with Crippen LogP contribution in [-0.2, 0) is 9.53 Å². The Kier molecular flexibility index (Phi) is 11.0. The number of guanidine groups is 1. The van der Waals surface area contributed by atoms with Crippen molar-refractivity contribution in [3.8, 4) is 5.75 Å². The molecule has 1 fully saturated rings. The van der Waals surface area contributed by atoms with Gasteiger partial charge in [-0.3, -0.25) is 4.79 Å². The van der Waals surface area contributed by atoms with Crippen LogP contribution in [0.25, 0.3) is 0 Å². The maximum Gasteiger partial charge on any atom is 0.243 e. The first-order valence-corrected chi connectivity index (χ1v) is 8.87. The van der Waals surface area contributed by atoms with Gasteiger partial charge in [-0.05, 0) is 25.0 Å². The number of hydrogen-bond acceptors (Lipinski definition) is 4. The fourth-order valence-corrected chi connectivity index (χ4v) is 2.40. The van der Waals surface area contributed by atoms with Gasteiger partial charge in [0.15, 0.2) is 17.5 Å². The highest BCUT2D eigenvalue weighted by Gasteiger charge is 2.16. The van der Waals surface area contributed by atoms with Gasteiger partial charge in [0, 0.05) is 33.3 Å². The van der Waals surface area contributed by atoms with Crippen molar-refractivity contribution in [2.24, 2.45) is 4.99 Å². The maximum absolute atomic E-state index is 13.5. The van der Waals surface area contributed by atoms with Gasteiger partial charge in [0.25, 0.3) is 0 Å². The van der Waals surface area contributed by atoms with E-state index < -0.39 is 11.6 Å². The van der Waals surface area contributed by atoms with E-state index in [1.54, 1.807) is 14.1 Å². The van der Waals surface area contributed by atoms with E-state index in [0.717, 1.165) is 31.6 Å². The van der Waals surface area contributed by atoms with Gasteiger partial charge in [0.1, 0.15) is 19.0 Å². The first-order valence-electron chi connectivity index (χ1n) is 8.87. The summed E-state index contributed by atoms with van der Waals surface area (Å²) in [6.07, 6.45) is 2.12. The van der Waals surface area contributed by atoms with E-state index in [0.29, 0.717) is 19.0 Å². The summed E-state index contributed by atoms with van der Waals surface area (Å²) in [4.78, 5) is 17.4. The zero-order valence-electron chi connectivity index (χ0n) is 16.0. The van der Waals surface area contributed by atoms with Crippen LogP contribution in [0.4, 0.5) is 8.78 Å². The molecule has 1 atom stereocenters. The molecule has 1 aliphatic heterocycles. The first-order chi connectivity index (χ1) is 13.0. The zero-order chi connectivity index (χ0) is 19.6. The molecule has 158 valence electrons. The van der Waals surface area contributed by atoms with Crippen molar-refractivity contribution in [3.05, 3.63) is 29.8 Å². The average molecular weight is 512 g/mol. The number of nitrogens with one attached hydrogen (secondary N) is 2. The van der Waals surface area contributed by atoms with Gasteiger partial charge in [-0.2, -0.15) is 0 Å². The van der Waals surface area contributed by atoms with Crippen molar-refractivity contribution in [2.45, 2.75) is 18.9 Å². The minimum Gasteiger partial charge on any atom is -0.489 e. The average Bonchev–Trinajstić information content (AvgIpc) is 3.14. The number of ether oxygens (including phenoxy) is 2. The van der Waals surface area contributed by atoms with E-state index in [-0.39, 0.29) is 54.9 Å². The largest absolute Gasteiger partial charge is 0.489 e. The maximum atomic E-state index is 13.5. The molecule has 0 spiro atoms. The van der Waals surface area contributed by atoms with Gasteiger partial charge in [0.2, 0.25) is 5.91 Å². The minimum absolute atomic E-state index is 0.